The third-order valence-corrected chi connectivity index (χ3v) is 6.73. The molecule has 2 aromatic carbocycles. The Morgan fingerprint density at radius 2 is 1.78 bits per heavy atom. The number of nitrogens with one attached hydrogen (secondary N) is 1. The summed E-state index contributed by atoms with van der Waals surface area (Å²) in [5.74, 6) is 3.30. The number of ether oxygens (including phenoxy) is 4. The number of fused-ring (bicyclic) bond motifs is 1. The second-order valence-corrected chi connectivity index (χ2v) is 8.59. The summed E-state index contributed by atoms with van der Waals surface area (Å²) in [5.41, 5.74) is 3.86. The molecule has 1 N–H and O–H groups in total. The summed E-state index contributed by atoms with van der Waals surface area (Å²) in [6.45, 7) is 3.23. The van der Waals surface area contributed by atoms with Gasteiger partial charge < -0.3 is 29.2 Å². The molecule has 5 rings (SSSR count). The lowest BCUT2D eigenvalue weighted by Crippen LogP contribution is -2.44. The molecule has 0 bridgehead atoms. The Kier molecular flexibility index (Phi) is 6.12. The summed E-state index contributed by atoms with van der Waals surface area (Å²) >= 11 is 0. The zero-order chi connectivity index (χ0) is 21.9. The first-order valence-electron chi connectivity index (χ1n) is 11.6. The lowest BCUT2D eigenvalue weighted by molar-refractivity contribution is 0.172. The smallest absolute Gasteiger partial charge is 0.184 e. The fourth-order valence-corrected chi connectivity index (χ4v) is 4.85. The lowest BCUT2D eigenvalue weighted by Gasteiger charge is -2.38. The fourth-order valence-electron chi connectivity index (χ4n) is 4.85. The molecule has 0 radical (unpaired) electrons. The van der Waals surface area contributed by atoms with E-state index in [-0.39, 0.29) is 6.04 Å². The van der Waals surface area contributed by atoms with E-state index in [4.69, 9.17) is 18.9 Å². The molecule has 0 spiro atoms. The first-order valence-corrected chi connectivity index (χ1v) is 11.6. The van der Waals surface area contributed by atoms with Crippen LogP contribution in [0.4, 0.5) is 5.69 Å². The molecular formula is C26H32N2O4. The Bertz CT molecular complexity index is 982. The molecule has 1 aliphatic carbocycles. The molecule has 170 valence electrons. The molecule has 2 aliphatic heterocycles. The van der Waals surface area contributed by atoms with Crippen LogP contribution in [0.2, 0.25) is 0 Å². The number of para-hydroxylation sites is 1. The van der Waals surface area contributed by atoms with Gasteiger partial charge in [-0.3, -0.25) is 0 Å². The molecule has 6 heteroatoms. The molecule has 0 saturated carbocycles. The summed E-state index contributed by atoms with van der Waals surface area (Å²) in [7, 11) is 3.37. The zero-order valence-corrected chi connectivity index (χ0v) is 18.9. The van der Waals surface area contributed by atoms with E-state index in [9.17, 15) is 0 Å². The number of rotatable bonds is 7. The Hall–Kier alpha value is -2.86. The molecule has 0 aromatic heterocycles. The zero-order valence-electron chi connectivity index (χ0n) is 18.9. The van der Waals surface area contributed by atoms with Crippen molar-refractivity contribution in [2.45, 2.75) is 37.8 Å². The predicted octanol–water partition coefficient (Wildman–Crippen LogP) is 4.49. The average Bonchev–Trinajstić information content (AvgIpc) is 2.82. The normalized spacial score (nSPS) is 19.1. The third-order valence-electron chi connectivity index (χ3n) is 6.73. The van der Waals surface area contributed by atoms with Crippen LogP contribution in [0.25, 0.3) is 0 Å². The van der Waals surface area contributed by atoms with Crippen LogP contribution in [0.15, 0.2) is 48.0 Å². The van der Waals surface area contributed by atoms with Gasteiger partial charge in [-0.2, -0.15) is 0 Å². The number of hydrogen-bond acceptors (Lipinski definition) is 6. The predicted molar refractivity (Wildman–Crippen MR) is 125 cm³/mol. The van der Waals surface area contributed by atoms with E-state index in [1.807, 2.05) is 12.1 Å². The van der Waals surface area contributed by atoms with Gasteiger partial charge in [0, 0.05) is 19.1 Å². The Balaban J connectivity index is 1.28. The average molecular weight is 437 g/mol. The van der Waals surface area contributed by atoms with Crippen LogP contribution in [0, 0.1) is 0 Å². The Labute approximate surface area is 190 Å². The minimum atomic E-state index is 0.223. The summed E-state index contributed by atoms with van der Waals surface area (Å²) in [6.07, 6.45) is 6.85. The number of nitrogens with zero attached hydrogens (tertiary/aromatic N) is 1. The molecule has 1 saturated heterocycles. The van der Waals surface area contributed by atoms with E-state index in [0.29, 0.717) is 19.3 Å². The number of anilines is 1. The molecule has 1 fully saturated rings. The van der Waals surface area contributed by atoms with Crippen molar-refractivity contribution in [3.05, 3.63) is 53.6 Å². The van der Waals surface area contributed by atoms with Crippen LogP contribution in [-0.2, 0) is 0 Å². The minimum Gasteiger partial charge on any atom is -0.493 e. The first-order chi connectivity index (χ1) is 15.8. The van der Waals surface area contributed by atoms with Crippen LogP contribution >= 0.6 is 0 Å². The Morgan fingerprint density at radius 1 is 1.00 bits per heavy atom. The van der Waals surface area contributed by atoms with E-state index >= 15 is 0 Å². The van der Waals surface area contributed by atoms with Gasteiger partial charge in [0.25, 0.3) is 0 Å². The van der Waals surface area contributed by atoms with Gasteiger partial charge in [-0.25, -0.2) is 0 Å². The van der Waals surface area contributed by atoms with Gasteiger partial charge in [0.05, 0.1) is 25.9 Å². The first kappa shape index (κ1) is 21.0. The SMILES string of the molecule is COc1ccc(C(NC2CCN(c3cccc4c3OCCO4)CC2)C2=CCC2)cc1OC. The van der Waals surface area contributed by atoms with Crippen molar-refractivity contribution in [3.8, 4) is 23.0 Å². The van der Waals surface area contributed by atoms with E-state index in [0.717, 1.165) is 61.0 Å². The number of piperidine rings is 1. The standard InChI is InChI=1S/C26H32N2O4/c1-29-22-10-9-19(17-24(22)30-2)25(18-5-3-6-18)27-20-11-13-28(14-12-20)21-7-4-8-23-26(21)32-16-15-31-23/h4-5,7-10,17,20,25,27H,3,6,11-16H2,1-2H3. The minimum absolute atomic E-state index is 0.223. The van der Waals surface area contributed by atoms with Gasteiger partial charge >= 0.3 is 0 Å². The molecule has 2 aromatic rings. The molecule has 3 aliphatic rings. The second-order valence-electron chi connectivity index (χ2n) is 8.59. The fraction of sp³-hybridized carbons (Fsp3) is 0.462. The number of allylic oxidation sites excluding steroid dienone is 1. The summed E-state index contributed by atoms with van der Waals surface area (Å²) in [6, 6.07) is 13.1. The topological polar surface area (TPSA) is 52.2 Å². The molecule has 1 atom stereocenters. The highest BCUT2D eigenvalue weighted by Crippen LogP contribution is 2.41. The molecule has 0 amide bonds. The van der Waals surface area contributed by atoms with Gasteiger partial charge in [0.2, 0.25) is 0 Å². The third kappa shape index (κ3) is 4.11. The monoisotopic (exact) mass is 436 g/mol. The molecule has 2 heterocycles. The van der Waals surface area contributed by atoms with Crippen LogP contribution in [0.3, 0.4) is 0 Å². The van der Waals surface area contributed by atoms with E-state index in [2.05, 4.69) is 40.6 Å². The van der Waals surface area contributed by atoms with Crippen molar-refractivity contribution in [1.82, 2.24) is 5.32 Å². The largest absolute Gasteiger partial charge is 0.493 e. The quantitative estimate of drug-likeness (QED) is 0.646. The molecule has 1 unspecified atom stereocenters. The number of benzene rings is 2. The van der Waals surface area contributed by atoms with Crippen molar-refractivity contribution < 1.29 is 18.9 Å². The van der Waals surface area contributed by atoms with Crippen molar-refractivity contribution in [1.29, 1.82) is 0 Å². The molecule has 6 nitrogen and oxygen atoms in total. The molecule has 32 heavy (non-hydrogen) atoms. The highest BCUT2D eigenvalue weighted by Gasteiger charge is 2.28. The van der Waals surface area contributed by atoms with Crippen molar-refractivity contribution >= 4 is 5.69 Å². The maximum absolute atomic E-state index is 5.94. The van der Waals surface area contributed by atoms with Crippen molar-refractivity contribution in [2.24, 2.45) is 0 Å². The number of methoxy groups -OCH3 is 2. The van der Waals surface area contributed by atoms with E-state index in [1.165, 1.54) is 17.6 Å². The van der Waals surface area contributed by atoms with Crippen LogP contribution < -0.4 is 29.2 Å². The van der Waals surface area contributed by atoms with Crippen molar-refractivity contribution in [2.75, 3.05) is 45.4 Å². The van der Waals surface area contributed by atoms with Gasteiger partial charge in [-0.15, -0.1) is 0 Å². The lowest BCUT2D eigenvalue weighted by atomic mass is 9.86. The summed E-state index contributed by atoms with van der Waals surface area (Å²) in [4.78, 5) is 2.43. The number of hydrogen-bond donors (Lipinski definition) is 1. The van der Waals surface area contributed by atoms with Gasteiger partial charge in [0.1, 0.15) is 13.2 Å². The summed E-state index contributed by atoms with van der Waals surface area (Å²) < 4.78 is 22.7. The maximum Gasteiger partial charge on any atom is 0.184 e. The van der Waals surface area contributed by atoms with E-state index < -0.39 is 0 Å². The van der Waals surface area contributed by atoms with Gasteiger partial charge in [-0.1, -0.05) is 23.8 Å². The Morgan fingerprint density at radius 3 is 2.50 bits per heavy atom. The van der Waals surface area contributed by atoms with E-state index in [1.54, 1.807) is 14.2 Å². The van der Waals surface area contributed by atoms with Crippen molar-refractivity contribution in [3.63, 3.8) is 0 Å². The highest BCUT2D eigenvalue weighted by molar-refractivity contribution is 5.65. The molecular weight excluding hydrogens is 404 g/mol. The highest BCUT2D eigenvalue weighted by atomic mass is 16.6. The van der Waals surface area contributed by atoms with Gasteiger partial charge in [-0.05, 0) is 55.5 Å². The van der Waals surface area contributed by atoms with Gasteiger partial charge in [0.15, 0.2) is 23.0 Å². The maximum atomic E-state index is 5.94. The van der Waals surface area contributed by atoms with Crippen LogP contribution in [-0.4, -0.2) is 46.6 Å². The summed E-state index contributed by atoms with van der Waals surface area (Å²) in [5, 5.41) is 3.95. The van der Waals surface area contributed by atoms with Crippen LogP contribution in [0.5, 0.6) is 23.0 Å². The van der Waals surface area contributed by atoms with Crippen LogP contribution in [0.1, 0.15) is 37.3 Å². The second kappa shape index (κ2) is 9.33.